The normalized spacial score (nSPS) is 14.7. The summed E-state index contributed by atoms with van der Waals surface area (Å²) in [4.78, 5) is 25.7. The Morgan fingerprint density at radius 3 is 2.86 bits per heavy atom. The minimum Gasteiger partial charge on any atom is -0.340 e. The lowest BCUT2D eigenvalue weighted by atomic mass is 10.3. The first-order chi connectivity index (χ1) is 10.5. The van der Waals surface area contributed by atoms with Gasteiger partial charge in [-0.1, -0.05) is 0 Å². The van der Waals surface area contributed by atoms with Gasteiger partial charge >= 0.3 is 5.69 Å². The van der Waals surface area contributed by atoms with E-state index in [9.17, 15) is 9.59 Å². The van der Waals surface area contributed by atoms with E-state index in [1.807, 2.05) is 24.6 Å². The quantitative estimate of drug-likeness (QED) is 0.855. The number of aromatic amines is 1. The van der Waals surface area contributed by atoms with Crippen molar-refractivity contribution in [2.75, 3.05) is 13.1 Å². The largest absolute Gasteiger partial charge is 0.343 e. The Morgan fingerprint density at radius 1 is 1.32 bits per heavy atom. The third kappa shape index (κ3) is 2.81. The number of nitrogens with one attached hydrogen (secondary N) is 1. The highest BCUT2D eigenvalue weighted by Gasteiger charge is 2.20. The van der Waals surface area contributed by atoms with Crippen LogP contribution in [0.25, 0.3) is 0 Å². The minimum absolute atomic E-state index is 0.0923. The molecule has 0 spiro atoms. The number of carbonyl (C=O) groups is 1. The highest BCUT2D eigenvalue weighted by Crippen LogP contribution is 2.07. The second kappa shape index (κ2) is 5.78. The van der Waals surface area contributed by atoms with Gasteiger partial charge in [0.2, 0.25) is 5.91 Å². The average Bonchev–Trinajstić information content (AvgIpc) is 2.90. The van der Waals surface area contributed by atoms with E-state index in [0.29, 0.717) is 39.0 Å². The molecule has 0 fully saturated rings. The van der Waals surface area contributed by atoms with Gasteiger partial charge in [-0.3, -0.25) is 14.0 Å². The van der Waals surface area contributed by atoms with E-state index < -0.39 is 0 Å². The van der Waals surface area contributed by atoms with Crippen LogP contribution in [0.5, 0.6) is 0 Å². The summed E-state index contributed by atoms with van der Waals surface area (Å²) in [7, 11) is 0. The fraction of sp³-hybridized carbons (Fsp3) is 0.571. The number of fused-ring (bicyclic) bond motifs is 1. The zero-order chi connectivity index (χ0) is 15.7. The van der Waals surface area contributed by atoms with Crippen molar-refractivity contribution in [3.8, 4) is 0 Å². The van der Waals surface area contributed by atoms with Crippen molar-refractivity contribution in [3.05, 3.63) is 33.8 Å². The molecule has 8 nitrogen and oxygen atoms in total. The van der Waals surface area contributed by atoms with Gasteiger partial charge < -0.3 is 4.90 Å². The molecular weight excluding hydrogens is 284 g/mol. The Labute approximate surface area is 127 Å². The highest BCUT2D eigenvalue weighted by atomic mass is 16.2. The van der Waals surface area contributed by atoms with Crippen LogP contribution in [-0.4, -0.2) is 48.4 Å². The lowest BCUT2D eigenvalue weighted by Gasteiger charge is -2.20. The van der Waals surface area contributed by atoms with E-state index in [4.69, 9.17) is 0 Å². The van der Waals surface area contributed by atoms with Crippen molar-refractivity contribution >= 4 is 5.91 Å². The molecule has 2 aromatic heterocycles. The molecule has 2 aromatic rings. The lowest BCUT2D eigenvalue weighted by molar-refractivity contribution is -0.131. The van der Waals surface area contributed by atoms with E-state index in [0.717, 1.165) is 17.2 Å². The Kier molecular flexibility index (Phi) is 3.82. The maximum Gasteiger partial charge on any atom is 0.343 e. The number of H-pyrrole nitrogens is 1. The summed E-state index contributed by atoms with van der Waals surface area (Å²) in [6.07, 6.45) is 1.02. The van der Waals surface area contributed by atoms with Crippen molar-refractivity contribution in [1.82, 2.24) is 29.4 Å². The molecule has 3 heterocycles. The number of aryl methyl sites for hydroxylation is 3. The first kappa shape index (κ1) is 14.6. The molecule has 1 aliphatic heterocycles. The van der Waals surface area contributed by atoms with Crippen LogP contribution < -0.4 is 5.69 Å². The summed E-state index contributed by atoms with van der Waals surface area (Å²) in [5, 5.41) is 10.8. The van der Waals surface area contributed by atoms with Crippen molar-refractivity contribution in [2.45, 2.75) is 39.8 Å². The molecule has 0 atom stereocenters. The Balaban J connectivity index is 1.59. The van der Waals surface area contributed by atoms with E-state index >= 15 is 0 Å². The second-order valence-corrected chi connectivity index (χ2v) is 5.63. The van der Waals surface area contributed by atoms with Gasteiger partial charge in [-0.25, -0.2) is 9.89 Å². The molecule has 0 aliphatic carbocycles. The topological polar surface area (TPSA) is 88.8 Å². The van der Waals surface area contributed by atoms with Gasteiger partial charge in [0.1, 0.15) is 5.82 Å². The van der Waals surface area contributed by atoms with Crippen LogP contribution in [0.15, 0.2) is 10.9 Å². The van der Waals surface area contributed by atoms with E-state index in [1.54, 1.807) is 9.47 Å². The van der Waals surface area contributed by atoms with Gasteiger partial charge in [0.05, 0.1) is 5.69 Å². The van der Waals surface area contributed by atoms with E-state index in [1.165, 1.54) is 0 Å². The molecule has 0 saturated heterocycles. The van der Waals surface area contributed by atoms with Gasteiger partial charge in [-0.2, -0.15) is 10.2 Å². The maximum absolute atomic E-state index is 12.4. The molecule has 0 bridgehead atoms. The molecule has 3 rings (SSSR count). The van der Waals surface area contributed by atoms with Crippen molar-refractivity contribution < 1.29 is 4.79 Å². The molecule has 22 heavy (non-hydrogen) atoms. The molecule has 8 heteroatoms. The molecule has 0 aromatic carbocycles. The molecule has 1 amide bonds. The van der Waals surface area contributed by atoms with Gasteiger partial charge in [0.15, 0.2) is 0 Å². The predicted octanol–water partition coefficient (Wildman–Crippen LogP) is -0.140. The van der Waals surface area contributed by atoms with Crippen LogP contribution in [0, 0.1) is 13.8 Å². The standard InChI is InChI=1S/C14H20N6O2/c1-10-9-11(2)20(17-10)6-4-13(21)18-5-3-12-15-16-14(22)19(12)8-7-18/h9H,3-8H2,1-2H3,(H,16,22). The Hall–Kier alpha value is -2.38. The Morgan fingerprint density at radius 2 is 2.14 bits per heavy atom. The van der Waals surface area contributed by atoms with E-state index in [-0.39, 0.29) is 11.6 Å². The SMILES string of the molecule is Cc1cc(C)n(CCC(=O)N2CCc3n[nH]c(=O)n3CC2)n1. The molecular formula is C14H20N6O2. The van der Waals surface area contributed by atoms with Crippen molar-refractivity contribution in [1.29, 1.82) is 0 Å². The van der Waals surface area contributed by atoms with Gasteiger partial charge in [-0.05, 0) is 19.9 Å². The molecule has 0 unspecified atom stereocenters. The van der Waals surface area contributed by atoms with E-state index in [2.05, 4.69) is 15.3 Å². The summed E-state index contributed by atoms with van der Waals surface area (Å²) < 4.78 is 3.47. The Bertz CT molecular complexity index is 741. The highest BCUT2D eigenvalue weighted by molar-refractivity contribution is 5.76. The fourth-order valence-electron chi connectivity index (χ4n) is 2.85. The molecule has 1 aliphatic rings. The number of nitrogens with zero attached hydrogens (tertiary/aromatic N) is 5. The number of amides is 1. The zero-order valence-corrected chi connectivity index (χ0v) is 12.9. The van der Waals surface area contributed by atoms with Crippen LogP contribution in [0.1, 0.15) is 23.6 Å². The lowest BCUT2D eigenvalue weighted by Crippen LogP contribution is -2.35. The monoisotopic (exact) mass is 304 g/mol. The predicted molar refractivity (Wildman–Crippen MR) is 79.4 cm³/mol. The van der Waals surface area contributed by atoms with Crippen molar-refractivity contribution in [2.24, 2.45) is 0 Å². The summed E-state index contributed by atoms with van der Waals surface area (Å²) in [5.41, 5.74) is 1.82. The van der Waals surface area contributed by atoms with Gasteiger partial charge in [-0.15, -0.1) is 0 Å². The molecule has 0 saturated carbocycles. The van der Waals surface area contributed by atoms with Crippen molar-refractivity contribution in [3.63, 3.8) is 0 Å². The average molecular weight is 304 g/mol. The molecule has 118 valence electrons. The summed E-state index contributed by atoms with van der Waals surface area (Å²) in [6, 6.07) is 2.00. The number of aromatic nitrogens is 5. The zero-order valence-electron chi connectivity index (χ0n) is 12.9. The van der Waals surface area contributed by atoms with Crippen LogP contribution >= 0.6 is 0 Å². The van der Waals surface area contributed by atoms with Crippen LogP contribution in [0.2, 0.25) is 0 Å². The van der Waals surface area contributed by atoms with Crippen LogP contribution in [0.4, 0.5) is 0 Å². The van der Waals surface area contributed by atoms with Gasteiger partial charge in [0.25, 0.3) is 0 Å². The third-order valence-corrected chi connectivity index (χ3v) is 4.03. The summed E-state index contributed by atoms with van der Waals surface area (Å²) >= 11 is 0. The summed E-state index contributed by atoms with van der Waals surface area (Å²) in [6.45, 7) is 6.15. The van der Waals surface area contributed by atoms with Crippen LogP contribution in [-0.2, 0) is 24.3 Å². The summed E-state index contributed by atoms with van der Waals surface area (Å²) in [5.74, 6) is 0.814. The third-order valence-electron chi connectivity index (χ3n) is 4.03. The number of hydrogen-bond acceptors (Lipinski definition) is 4. The van der Waals surface area contributed by atoms with Gasteiger partial charge in [0, 0.05) is 44.7 Å². The number of rotatable bonds is 3. The first-order valence-corrected chi connectivity index (χ1v) is 7.47. The maximum atomic E-state index is 12.4. The molecule has 0 radical (unpaired) electrons. The first-order valence-electron chi connectivity index (χ1n) is 7.47. The fourth-order valence-corrected chi connectivity index (χ4v) is 2.85. The minimum atomic E-state index is -0.202. The second-order valence-electron chi connectivity index (χ2n) is 5.63. The van der Waals surface area contributed by atoms with Crippen LogP contribution in [0.3, 0.4) is 0 Å². The smallest absolute Gasteiger partial charge is 0.340 e. The number of hydrogen-bond donors (Lipinski definition) is 1. The number of carbonyl (C=O) groups excluding carboxylic acids is 1. The molecule has 1 N–H and O–H groups in total.